The lowest BCUT2D eigenvalue weighted by Gasteiger charge is -2.18. The third kappa shape index (κ3) is 3.98. The quantitative estimate of drug-likeness (QED) is 0.605. The SMILES string of the molecule is Cc1cc(C(=O)N(C)c2ccc(CC(C)C)cc2)ccc1[N+](=O)[O-]. The van der Waals surface area contributed by atoms with Crippen LogP contribution in [0.15, 0.2) is 42.5 Å². The Kier molecular flexibility index (Phi) is 5.34. The van der Waals surface area contributed by atoms with E-state index in [4.69, 9.17) is 0 Å². The normalized spacial score (nSPS) is 10.7. The highest BCUT2D eigenvalue weighted by Gasteiger charge is 2.17. The van der Waals surface area contributed by atoms with E-state index in [9.17, 15) is 14.9 Å². The molecule has 0 fully saturated rings. The second-order valence-corrected chi connectivity index (χ2v) is 6.39. The number of benzene rings is 2. The summed E-state index contributed by atoms with van der Waals surface area (Å²) in [5, 5.41) is 10.9. The molecule has 0 radical (unpaired) electrons. The zero-order valence-electron chi connectivity index (χ0n) is 14.4. The topological polar surface area (TPSA) is 63.5 Å². The summed E-state index contributed by atoms with van der Waals surface area (Å²) >= 11 is 0. The van der Waals surface area contributed by atoms with Gasteiger partial charge in [0.25, 0.3) is 11.6 Å². The molecule has 0 N–H and O–H groups in total. The van der Waals surface area contributed by atoms with Crippen LogP contribution in [0.2, 0.25) is 0 Å². The van der Waals surface area contributed by atoms with Gasteiger partial charge in [0.2, 0.25) is 0 Å². The van der Waals surface area contributed by atoms with Gasteiger partial charge in [-0.2, -0.15) is 0 Å². The summed E-state index contributed by atoms with van der Waals surface area (Å²) < 4.78 is 0. The van der Waals surface area contributed by atoms with Gasteiger partial charge in [-0.25, -0.2) is 0 Å². The largest absolute Gasteiger partial charge is 0.311 e. The molecule has 5 heteroatoms. The summed E-state index contributed by atoms with van der Waals surface area (Å²) in [6.07, 6.45) is 0.999. The molecule has 0 unspecified atom stereocenters. The van der Waals surface area contributed by atoms with Crippen LogP contribution in [0.3, 0.4) is 0 Å². The molecule has 0 aromatic heterocycles. The lowest BCUT2D eigenvalue weighted by atomic mass is 10.0. The van der Waals surface area contributed by atoms with Gasteiger partial charge in [-0.3, -0.25) is 14.9 Å². The van der Waals surface area contributed by atoms with Crippen molar-refractivity contribution < 1.29 is 9.72 Å². The predicted octanol–water partition coefficient (Wildman–Crippen LogP) is 4.38. The van der Waals surface area contributed by atoms with E-state index in [1.807, 2.05) is 24.3 Å². The van der Waals surface area contributed by atoms with Crippen LogP contribution in [0.4, 0.5) is 11.4 Å². The van der Waals surface area contributed by atoms with Crippen molar-refractivity contribution >= 4 is 17.3 Å². The Labute approximate surface area is 142 Å². The number of carbonyl (C=O) groups is 1. The van der Waals surface area contributed by atoms with E-state index in [0.29, 0.717) is 17.0 Å². The molecule has 2 rings (SSSR count). The number of amides is 1. The highest BCUT2D eigenvalue weighted by atomic mass is 16.6. The number of anilines is 1. The molecule has 0 aliphatic rings. The van der Waals surface area contributed by atoms with Crippen molar-refractivity contribution in [3.63, 3.8) is 0 Å². The van der Waals surface area contributed by atoms with Gasteiger partial charge in [0.1, 0.15) is 0 Å². The number of nitro groups is 1. The molecule has 0 heterocycles. The minimum absolute atomic E-state index is 0.0206. The van der Waals surface area contributed by atoms with E-state index >= 15 is 0 Å². The highest BCUT2D eigenvalue weighted by molar-refractivity contribution is 6.06. The molecule has 0 aliphatic carbocycles. The molecule has 5 nitrogen and oxygen atoms in total. The van der Waals surface area contributed by atoms with Gasteiger partial charge in [0.05, 0.1) is 4.92 Å². The fourth-order valence-electron chi connectivity index (χ4n) is 2.63. The number of rotatable bonds is 5. The second kappa shape index (κ2) is 7.25. The number of nitrogens with zero attached hydrogens (tertiary/aromatic N) is 2. The molecule has 24 heavy (non-hydrogen) atoms. The third-order valence-corrected chi connectivity index (χ3v) is 3.91. The van der Waals surface area contributed by atoms with Crippen LogP contribution in [-0.4, -0.2) is 17.9 Å². The van der Waals surface area contributed by atoms with Crippen LogP contribution in [0.1, 0.15) is 35.3 Å². The summed E-state index contributed by atoms with van der Waals surface area (Å²) in [6.45, 7) is 5.97. The van der Waals surface area contributed by atoms with Crippen molar-refractivity contribution in [1.82, 2.24) is 0 Å². The number of hydrogen-bond acceptors (Lipinski definition) is 3. The summed E-state index contributed by atoms with van der Waals surface area (Å²) in [7, 11) is 1.70. The molecule has 0 atom stereocenters. The zero-order valence-corrected chi connectivity index (χ0v) is 14.4. The van der Waals surface area contributed by atoms with Gasteiger partial charge >= 0.3 is 0 Å². The van der Waals surface area contributed by atoms with E-state index in [2.05, 4.69) is 13.8 Å². The number of aryl methyl sites for hydroxylation is 1. The van der Waals surface area contributed by atoms with E-state index < -0.39 is 4.92 Å². The summed E-state index contributed by atoms with van der Waals surface area (Å²) in [4.78, 5) is 24.6. The Morgan fingerprint density at radius 1 is 1.17 bits per heavy atom. The maximum absolute atomic E-state index is 12.6. The van der Waals surface area contributed by atoms with Crippen molar-refractivity contribution in [1.29, 1.82) is 0 Å². The van der Waals surface area contributed by atoms with E-state index in [1.165, 1.54) is 17.7 Å². The van der Waals surface area contributed by atoms with Crippen molar-refractivity contribution in [2.75, 3.05) is 11.9 Å². The minimum Gasteiger partial charge on any atom is -0.311 e. The average molecular weight is 326 g/mol. The molecule has 0 bridgehead atoms. The molecular weight excluding hydrogens is 304 g/mol. The van der Waals surface area contributed by atoms with Crippen LogP contribution >= 0.6 is 0 Å². The average Bonchev–Trinajstić information content (AvgIpc) is 2.53. The Hall–Kier alpha value is -2.69. The van der Waals surface area contributed by atoms with Gasteiger partial charge in [0.15, 0.2) is 0 Å². The maximum Gasteiger partial charge on any atom is 0.272 e. The number of carbonyl (C=O) groups excluding carboxylic acids is 1. The molecule has 126 valence electrons. The van der Waals surface area contributed by atoms with Crippen molar-refractivity contribution in [2.45, 2.75) is 27.2 Å². The van der Waals surface area contributed by atoms with E-state index in [-0.39, 0.29) is 11.6 Å². The monoisotopic (exact) mass is 326 g/mol. The summed E-state index contributed by atoms with van der Waals surface area (Å²) in [5.41, 5.74) is 2.97. The second-order valence-electron chi connectivity index (χ2n) is 6.39. The molecule has 0 aliphatic heterocycles. The minimum atomic E-state index is -0.444. The molecule has 0 spiro atoms. The maximum atomic E-state index is 12.6. The Morgan fingerprint density at radius 2 is 1.79 bits per heavy atom. The Balaban J connectivity index is 2.20. The third-order valence-electron chi connectivity index (χ3n) is 3.91. The first-order chi connectivity index (χ1) is 11.3. The number of hydrogen-bond donors (Lipinski definition) is 0. The van der Waals surface area contributed by atoms with Crippen molar-refractivity contribution in [3.8, 4) is 0 Å². The molecule has 0 saturated carbocycles. The molecule has 1 amide bonds. The lowest BCUT2D eigenvalue weighted by Crippen LogP contribution is -2.26. The van der Waals surface area contributed by atoms with Crippen LogP contribution in [0.5, 0.6) is 0 Å². The first-order valence-electron chi connectivity index (χ1n) is 7.91. The lowest BCUT2D eigenvalue weighted by molar-refractivity contribution is -0.385. The van der Waals surface area contributed by atoms with Gasteiger partial charge in [-0.05, 0) is 49.1 Å². The molecule has 2 aromatic rings. The van der Waals surface area contributed by atoms with E-state index in [0.717, 1.165) is 12.1 Å². The van der Waals surface area contributed by atoms with Gasteiger partial charge in [-0.1, -0.05) is 26.0 Å². The van der Waals surface area contributed by atoms with Crippen LogP contribution in [0.25, 0.3) is 0 Å². The first-order valence-corrected chi connectivity index (χ1v) is 7.91. The van der Waals surface area contributed by atoms with Gasteiger partial charge in [-0.15, -0.1) is 0 Å². The summed E-state index contributed by atoms with van der Waals surface area (Å²) in [5.74, 6) is 0.392. The molecular formula is C19H22N2O3. The Morgan fingerprint density at radius 3 is 2.29 bits per heavy atom. The smallest absolute Gasteiger partial charge is 0.272 e. The zero-order chi connectivity index (χ0) is 17.9. The fraction of sp³-hybridized carbons (Fsp3) is 0.316. The Bertz CT molecular complexity index is 752. The summed E-state index contributed by atoms with van der Waals surface area (Å²) in [6, 6.07) is 12.3. The highest BCUT2D eigenvalue weighted by Crippen LogP contribution is 2.22. The number of nitro benzene ring substituents is 1. The predicted molar refractivity (Wildman–Crippen MR) is 95.6 cm³/mol. The van der Waals surface area contributed by atoms with Crippen LogP contribution < -0.4 is 4.90 Å². The molecule has 2 aromatic carbocycles. The molecule has 0 saturated heterocycles. The van der Waals surface area contributed by atoms with Gasteiger partial charge < -0.3 is 4.90 Å². The first kappa shape index (κ1) is 17.7. The standard InChI is InChI=1S/C19H22N2O3/c1-13(2)11-15-5-8-17(9-6-15)20(4)19(22)16-7-10-18(21(23)24)14(3)12-16/h5-10,12-13H,11H2,1-4H3. The van der Waals surface area contributed by atoms with Crippen molar-refractivity contribution in [3.05, 3.63) is 69.3 Å². The van der Waals surface area contributed by atoms with Crippen LogP contribution in [0, 0.1) is 23.0 Å². The van der Waals surface area contributed by atoms with Crippen LogP contribution in [-0.2, 0) is 6.42 Å². The fourth-order valence-corrected chi connectivity index (χ4v) is 2.63. The van der Waals surface area contributed by atoms with Crippen molar-refractivity contribution in [2.24, 2.45) is 5.92 Å². The van der Waals surface area contributed by atoms with E-state index in [1.54, 1.807) is 24.9 Å². The van der Waals surface area contributed by atoms with Gasteiger partial charge in [0, 0.05) is 29.9 Å².